The van der Waals surface area contributed by atoms with Crippen molar-refractivity contribution in [3.8, 4) is 5.75 Å². The largest absolute Gasteiger partial charge is 0.482 e. The number of benzene rings is 2. The van der Waals surface area contributed by atoms with Crippen LogP contribution in [-0.2, 0) is 14.3 Å². The van der Waals surface area contributed by atoms with E-state index in [9.17, 15) is 14.0 Å². The van der Waals surface area contributed by atoms with E-state index >= 15 is 0 Å². The topological polar surface area (TPSA) is 64.6 Å². The van der Waals surface area contributed by atoms with E-state index in [1.54, 1.807) is 30.3 Å². The monoisotopic (exact) mass is 317 g/mol. The van der Waals surface area contributed by atoms with Crippen LogP contribution in [0.5, 0.6) is 5.75 Å². The molecule has 1 amide bonds. The molecule has 0 radical (unpaired) electrons. The van der Waals surface area contributed by atoms with Gasteiger partial charge < -0.3 is 14.8 Å². The number of esters is 1. The molecule has 2 rings (SSSR count). The van der Waals surface area contributed by atoms with Crippen molar-refractivity contribution in [2.75, 3.05) is 11.9 Å². The maximum Gasteiger partial charge on any atom is 0.344 e. The number of rotatable bonds is 6. The lowest BCUT2D eigenvalue weighted by Gasteiger charge is -2.14. The van der Waals surface area contributed by atoms with Gasteiger partial charge in [0.15, 0.2) is 12.7 Å². The second-order valence-electron chi connectivity index (χ2n) is 4.70. The molecule has 0 aromatic heterocycles. The fourth-order valence-electron chi connectivity index (χ4n) is 1.74. The van der Waals surface area contributed by atoms with Crippen LogP contribution in [0.25, 0.3) is 0 Å². The molecule has 23 heavy (non-hydrogen) atoms. The number of hydrogen-bond donors (Lipinski definition) is 1. The minimum absolute atomic E-state index is 0.0286. The number of carbonyl (C=O) groups excluding carboxylic acids is 2. The average molecular weight is 317 g/mol. The maximum absolute atomic E-state index is 13.4. The van der Waals surface area contributed by atoms with Gasteiger partial charge >= 0.3 is 5.97 Å². The summed E-state index contributed by atoms with van der Waals surface area (Å²) in [5.74, 6) is -1.35. The van der Waals surface area contributed by atoms with Crippen molar-refractivity contribution in [1.82, 2.24) is 0 Å². The Morgan fingerprint density at radius 2 is 1.74 bits per heavy atom. The first-order valence-corrected chi connectivity index (χ1v) is 6.99. The Balaban J connectivity index is 1.81. The van der Waals surface area contributed by atoms with E-state index in [-0.39, 0.29) is 12.3 Å². The first-order valence-electron chi connectivity index (χ1n) is 6.99. The third kappa shape index (κ3) is 5.10. The molecule has 1 atom stereocenters. The second kappa shape index (κ2) is 7.93. The molecule has 1 N–H and O–H groups in total. The first-order chi connectivity index (χ1) is 11.1. The van der Waals surface area contributed by atoms with Crippen LogP contribution in [0.1, 0.15) is 6.92 Å². The number of halogens is 1. The number of hydrogen-bond acceptors (Lipinski definition) is 4. The molecule has 0 aliphatic carbocycles. The average Bonchev–Trinajstić information content (AvgIpc) is 2.56. The Morgan fingerprint density at radius 3 is 2.43 bits per heavy atom. The molecule has 0 aliphatic heterocycles. The van der Waals surface area contributed by atoms with Gasteiger partial charge in [0.05, 0.1) is 5.69 Å². The van der Waals surface area contributed by atoms with E-state index in [1.165, 1.54) is 25.1 Å². The van der Waals surface area contributed by atoms with E-state index in [1.807, 2.05) is 6.07 Å². The molecule has 0 aliphatic rings. The molecule has 120 valence electrons. The number of para-hydroxylation sites is 2. The van der Waals surface area contributed by atoms with Gasteiger partial charge in [0.2, 0.25) is 0 Å². The van der Waals surface area contributed by atoms with Crippen molar-refractivity contribution in [2.24, 2.45) is 0 Å². The quantitative estimate of drug-likeness (QED) is 0.832. The minimum Gasteiger partial charge on any atom is -0.482 e. The summed E-state index contributed by atoms with van der Waals surface area (Å²) in [5, 5.41) is 2.36. The SMILES string of the molecule is C[C@@H](OC(=O)COc1ccccc1)C(=O)Nc1ccccc1F. The van der Waals surface area contributed by atoms with Crippen molar-refractivity contribution in [3.05, 3.63) is 60.4 Å². The summed E-state index contributed by atoms with van der Waals surface area (Å²) in [4.78, 5) is 23.5. The van der Waals surface area contributed by atoms with Gasteiger partial charge in [-0.3, -0.25) is 4.79 Å². The van der Waals surface area contributed by atoms with Gasteiger partial charge in [-0.2, -0.15) is 0 Å². The van der Waals surface area contributed by atoms with E-state index in [4.69, 9.17) is 9.47 Å². The molecule has 0 spiro atoms. The second-order valence-corrected chi connectivity index (χ2v) is 4.70. The Kier molecular flexibility index (Phi) is 5.68. The molecule has 0 fully saturated rings. The molecular formula is C17H16FNO4. The summed E-state index contributed by atoms with van der Waals surface area (Å²) in [6, 6.07) is 14.5. The van der Waals surface area contributed by atoms with Crippen LogP contribution < -0.4 is 10.1 Å². The number of anilines is 1. The van der Waals surface area contributed by atoms with Gasteiger partial charge in [0.1, 0.15) is 11.6 Å². The van der Waals surface area contributed by atoms with E-state index in [0.717, 1.165) is 0 Å². The lowest BCUT2D eigenvalue weighted by Crippen LogP contribution is -2.31. The molecule has 0 bridgehead atoms. The number of ether oxygens (including phenoxy) is 2. The highest BCUT2D eigenvalue weighted by Crippen LogP contribution is 2.13. The fourth-order valence-corrected chi connectivity index (χ4v) is 1.74. The normalized spacial score (nSPS) is 11.4. The number of carbonyl (C=O) groups is 2. The molecule has 0 saturated carbocycles. The van der Waals surface area contributed by atoms with E-state index in [2.05, 4.69) is 5.32 Å². The van der Waals surface area contributed by atoms with Crippen LogP contribution >= 0.6 is 0 Å². The molecule has 6 heteroatoms. The summed E-state index contributed by atoms with van der Waals surface area (Å²) in [5.41, 5.74) is 0.0286. The summed E-state index contributed by atoms with van der Waals surface area (Å²) in [6.45, 7) is 1.08. The molecule has 0 unspecified atom stereocenters. The lowest BCUT2D eigenvalue weighted by atomic mass is 10.3. The highest BCUT2D eigenvalue weighted by molar-refractivity contribution is 5.95. The minimum atomic E-state index is -1.07. The number of nitrogens with one attached hydrogen (secondary N) is 1. The summed E-state index contributed by atoms with van der Waals surface area (Å²) in [7, 11) is 0. The highest BCUT2D eigenvalue weighted by Gasteiger charge is 2.19. The van der Waals surface area contributed by atoms with E-state index in [0.29, 0.717) is 5.75 Å². The fraction of sp³-hybridized carbons (Fsp3) is 0.176. The van der Waals surface area contributed by atoms with Crippen LogP contribution in [0.4, 0.5) is 10.1 Å². The highest BCUT2D eigenvalue weighted by atomic mass is 19.1. The standard InChI is InChI=1S/C17H16FNO4/c1-12(17(21)19-15-10-6-5-9-14(15)18)23-16(20)11-22-13-7-3-2-4-8-13/h2-10,12H,11H2,1H3,(H,19,21)/t12-/m1/s1. The zero-order valence-corrected chi connectivity index (χ0v) is 12.5. The van der Waals surface area contributed by atoms with Gasteiger partial charge in [-0.25, -0.2) is 9.18 Å². The van der Waals surface area contributed by atoms with E-state index < -0.39 is 23.8 Å². The van der Waals surface area contributed by atoms with Crippen LogP contribution in [0.15, 0.2) is 54.6 Å². The Morgan fingerprint density at radius 1 is 1.09 bits per heavy atom. The van der Waals surface area contributed by atoms with Gasteiger partial charge in [0.25, 0.3) is 5.91 Å². The summed E-state index contributed by atoms with van der Waals surface area (Å²) >= 11 is 0. The van der Waals surface area contributed by atoms with Crippen molar-refractivity contribution < 1.29 is 23.5 Å². The van der Waals surface area contributed by atoms with Crippen molar-refractivity contribution in [3.63, 3.8) is 0 Å². The molecule has 0 heterocycles. The predicted molar refractivity (Wildman–Crippen MR) is 82.5 cm³/mol. The van der Waals surface area contributed by atoms with Crippen LogP contribution in [0, 0.1) is 5.82 Å². The van der Waals surface area contributed by atoms with Crippen LogP contribution in [0.2, 0.25) is 0 Å². The van der Waals surface area contributed by atoms with Gasteiger partial charge in [-0.1, -0.05) is 30.3 Å². The molecular weight excluding hydrogens is 301 g/mol. The van der Waals surface area contributed by atoms with Crippen LogP contribution in [-0.4, -0.2) is 24.6 Å². The van der Waals surface area contributed by atoms with Gasteiger partial charge in [-0.05, 0) is 31.2 Å². The molecule has 0 saturated heterocycles. The zero-order chi connectivity index (χ0) is 16.7. The van der Waals surface area contributed by atoms with Crippen LogP contribution in [0.3, 0.4) is 0 Å². The summed E-state index contributed by atoms with van der Waals surface area (Å²) < 4.78 is 23.6. The zero-order valence-electron chi connectivity index (χ0n) is 12.5. The Bertz CT molecular complexity index is 675. The molecule has 2 aromatic rings. The Hall–Kier alpha value is -2.89. The summed E-state index contributed by atoms with van der Waals surface area (Å²) in [6.07, 6.45) is -1.07. The first kappa shape index (κ1) is 16.5. The third-order valence-electron chi connectivity index (χ3n) is 2.91. The molecule has 2 aromatic carbocycles. The lowest BCUT2D eigenvalue weighted by molar-refractivity contribution is -0.155. The van der Waals surface area contributed by atoms with Crippen molar-refractivity contribution in [2.45, 2.75) is 13.0 Å². The van der Waals surface area contributed by atoms with Gasteiger partial charge in [-0.15, -0.1) is 0 Å². The smallest absolute Gasteiger partial charge is 0.344 e. The van der Waals surface area contributed by atoms with Crippen molar-refractivity contribution >= 4 is 17.6 Å². The maximum atomic E-state index is 13.4. The third-order valence-corrected chi connectivity index (χ3v) is 2.91. The number of amides is 1. The Labute approximate surface area is 133 Å². The molecule has 5 nitrogen and oxygen atoms in total. The van der Waals surface area contributed by atoms with Gasteiger partial charge in [0, 0.05) is 0 Å². The van der Waals surface area contributed by atoms with Crippen molar-refractivity contribution in [1.29, 1.82) is 0 Å². The predicted octanol–water partition coefficient (Wildman–Crippen LogP) is 2.77.